The van der Waals surface area contributed by atoms with Gasteiger partial charge in [0.25, 0.3) is 0 Å². The summed E-state index contributed by atoms with van der Waals surface area (Å²) in [5.41, 5.74) is -0.193. The maximum Gasteiger partial charge on any atom is 0.416 e. The fourth-order valence-electron chi connectivity index (χ4n) is 4.64. The number of alkyl halides is 3. The SMILES string of the molecule is CCNC(=O)N1CCN(c2cc(Cl)nc(SCC(=O)N3CCN(c4cccc(C(F)(F)F)c4)CC3)n2)CC1C. The van der Waals surface area contributed by atoms with Gasteiger partial charge < -0.3 is 24.9 Å². The second kappa shape index (κ2) is 12.5. The van der Waals surface area contributed by atoms with E-state index in [2.05, 4.69) is 15.3 Å². The zero-order chi connectivity index (χ0) is 28.2. The van der Waals surface area contributed by atoms with Crippen molar-refractivity contribution >= 4 is 46.8 Å². The minimum absolute atomic E-state index is 0.0219. The highest BCUT2D eigenvalue weighted by molar-refractivity contribution is 7.99. The van der Waals surface area contributed by atoms with Gasteiger partial charge >= 0.3 is 12.2 Å². The number of piperazine rings is 2. The van der Waals surface area contributed by atoms with Crippen molar-refractivity contribution in [3.05, 3.63) is 41.0 Å². The smallest absolute Gasteiger partial charge is 0.368 e. The highest BCUT2D eigenvalue weighted by atomic mass is 35.5. The zero-order valence-corrected chi connectivity index (χ0v) is 23.3. The number of hydrogen-bond donors (Lipinski definition) is 1. The molecule has 2 aliphatic rings. The Morgan fingerprint density at radius 2 is 1.79 bits per heavy atom. The molecule has 1 unspecified atom stereocenters. The van der Waals surface area contributed by atoms with Crippen molar-refractivity contribution in [1.82, 2.24) is 25.1 Å². The number of nitrogens with one attached hydrogen (secondary N) is 1. The Hall–Kier alpha value is -2.93. The Balaban J connectivity index is 1.30. The number of halogens is 4. The van der Waals surface area contributed by atoms with Crippen molar-refractivity contribution in [1.29, 1.82) is 0 Å². The van der Waals surface area contributed by atoms with E-state index in [1.165, 1.54) is 17.8 Å². The first-order chi connectivity index (χ1) is 18.5. The third-order valence-corrected chi connectivity index (χ3v) is 7.72. The normalized spacial score (nSPS) is 18.4. The first-order valence-electron chi connectivity index (χ1n) is 12.7. The molecular formula is C25H31ClF3N7O2S. The molecule has 4 rings (SSSR count). The third-order valence-electron chi connectivity index (χ3n) is 6.70. The van der Waals surface area contributed by atoms with Gasteiger partial charge in [-0.15, -0.1) is 0 Å². The summed E-state index contributed by atoms with van der Waals surface area (Å²) < 4.78 is 39.2. The van der Waals surface area contributed by atoms with Gasteiger partial charge in [-0.1, -0.05) is 29.4 Å². The first kappa shape index (κ1) is 29.1. The number of thioether (sulfide) groups is 1. The number of rotatable bonds is 6. The lowest BCUT2D eigenvalue weighted by atomic mass is 10.1. The maximum atomic E-state index is 13.1. The van der Waals surface area contributed by atoms with Crippen molar-refractivity contribution in [2.24, 2.45) is 0 Å². The average Bonchev–Trinajstić information content (AvgIpc) is 2.91. The number of amides is 3. The maximum absolute atomic E-state index is 13.1. The summed E-state index contributed by atoms with van der Waals surface area (Å²) >= 11 is 7.46. The van der Waals surface area contributed by atoms with E-state index < -0.39 is 11.7 Å². The number of benzene rings is 1. The highest BCUT2D eigenvalue weighted by Gasteiger charge is 2.32. The molecule has 9 nitrogen and oxygen atoms in total. The summed E-state index contributed by atoms with van der Waals surface area (Å²) in [6, 6.07) is 6.81. The summed E-state index contributed by atoms with van der Waals surface area (Å²) in [5.74, 6) is 0.657. The van der Waals surface area contributed by atoms with Crippen LogP contribution in [-0.2, 0) is 11.0 Å². The molecule has 0 spiro atoms. The van der Waals surface area contributed by atoms with Crippen molar-refractivity contribution in [2.75, 3.05) is 67.9 Å². The van der Waals surface area contributed by atoms with Crippen LogP contribution in [0.4, 0.5) is 29.5 Å². The molecule has 0 bridgehead atoms. The predicted molar refractivity (Wildman–Crippen MR) is 145 cm³/mol. The molecule has 1 N–H and O–H groups in total. The Kier molecular flexibility index (Phi) is 9.31. The van der Waals surface area contributed by atoms with E-state index in [1.807, 2.05) is 23.6 Å². The molecule has 2 aliphatic heterocycles. The van der Waals surface area contributed by atoms with Crippen LogP contribution in [0.3, 0.4) is 0 Å². The summed E-state index contributed by atoms with van der Waals surface area (Å²) in [6.45, 7) is 7.84. The van der Waals surface area contributed by atoms with E-state index in [9.17, 15) is 22.8 Å². The lowest BCUT2D eigenvalue weighted by molar-refractivity contribution is -0.137. The van der Waals surface area contributed by atoms with Crippen LogP contribution in [0.1, 0.15) is 19.4 Å². The molecule has 1 atom stereocenters. The fourth-order valence-corrected chi connectivity index (χ4v) is 5.63. The number of carbonyl (C=O) groups is 2. The molecule has 3 heterocycles. The van der Waals surface area contributed by atoms with Crippen LogP contribution in [0.25, 0.3) is 0 Å². The van der Waals surface area contributed by atoms with Gasteiger partial charge in [-0.25, -0.2) is 14.8 Å². The van der Waals surface area contributed by atoms with Gasteiger partial charge in [0.15, 0.2) is 5.16 Å². The number of aromatic nitrogens is 2. The molecule has 2 fully saturated rings. The molecule has 1 aromatic carbocycles. The van der Waals surface area contributed by atoms with Gasteiger partial charge in [0.1, 0.15) is 11.0 Å². The highest BCUT2D eigenvalue weighted by Crippen LogP contribution is 2.32. The van der Waals surface area contributed by atoms with E-state index in [0.29, 0.717) is 69.0 Å². The molecule has 3 amide bonds. The molecule has 1 aromatic heterocycles. The van der Waals surface area contributed by atoms with Crippen LogP contribution in [0.15, 0.2) is 35.5 Å². The van der Waals surface area contributed by atoms with E-state index >= 15 is 0 Å². The van der Waals surface area contributed by atoms with Gasteiger partial charge in [0.2, 0.25) is 5.91 Å². The van der Waals surface area contributed by atoms with E-state index in [1.54, 1.807) is 21.9 Å². The fraction of sp³-hybridized carbons (Fsp3) is 0.520. The molecular weight excluding hydrogens is 555 g/mol. The molecule has 0 aliphatic carbocycles. The molecule has 212 valence electrons. The number of nitrogens with zero attached hydrogens (tertiary/aromatic N) is 6. The monoisotopic (exact) mass is 585 g/mol. The topological polar surface area (TPSA) is 84.9 Å². The average molecular weight is 586 g/mol. The van der Waals surface area contributed by atoms with Crippen LogP contribution >= 0.6 is 23.4 Å². The summed E-state index contributed by atoms with van der Waals surface area (Å²) in [5, 5.41) is 3.48. The minimum Gasteiger partial charge on any atom is -0.368 e. The summed E-state index contributed by atoms with van der Waals surface area (Å²) in [4.78, 5) is 41.4. The largest absolute Gasteiger partial charge is 0.416 e. The van der Waals surface area contributed by atoms with E-state index in [4.69, 9.17) is 11.6 Å². The van der Waals surface area contributed by atoms with Crippen LogP contribution in [0.2, 0.25) is 5.15 Å². The molecule has 39 heavy (non-hydrogen) atoms. The number of carbonyl (C=O) groups excluding carboxylic acids is 2. The minimum atomic E-state index is -4.40. The third kappa shape index (κ3) is 7.38. The van der Waals surface area contributed by atoms with E-state index in [-0.39, 0.29) is 28.9 Å². The quantitative estimate of drug-likeness (QED) is 0.313. The van der Waals surface area contributed by atoms with Gasteiger partial charge in [-0.05, 0) is 32.0 Å². The van der Waals surface area contributed by atoms with Gasteiger partial charge in [0.05, 0.1) is 11.3 Å². The first-order valence-corrected chi connectivity index (χ1v) is 14.1. The number of hydrogen-bond acceptors (Lipinski definition) is 7. The van der Waals surface area contributed by atoms with Gasteiger partial charge in [-0.2, -0.15) is 13.2 Å². The Bertz CT molecular complexity index is 1180. The standard InChI is InChI=1S/C25H31ClF3N7O2S/c1-3-30-24(38)36-12-11-35(15-17(36)2)21-14-20(26)31-23(32-21)39-16-22(37)34-9-7-33(8-10-34)19-6-4-5-18(13-19)25(27,28)29/h4-6,13-14,17H,3,7-12,15-16H2,1-2H3,(H,30,38). The molecule has 14 heteroatoms. The Labute approximate surface area is 234 Å². The molecule has 2 aromatic rings. The van der Waals surface area contributed by atoms with Crippen LogP contribution < -0.4 is 15.1 Å². The van der Waals surface area contributed by atoms with Gasteiger partial charge in [0, 0.05) is 70.2 Å². The zero-order valence-electron chi connectivity index (χ0n) is 21.7. The van der Waals surface area contributed by atoms with E-state index in [0.717, 1.165) is 12.1 Å². The molecule has 2 saturated heterocycles. The second-order valence-electron chi connectivity index (χ2n) is 9.36. The predicted octanol–water partition coefficient (Wildman–Crippen LogP) is 3.83. The van der Waals surface area contributed by atoms with Crippen molar-refractivity contribution in [3.63, 3.8) is 0 Å². The van der Waals surface area contributed by atoms with Crippen molar-refractivity contribution in [2.45, 2.75) is 31.2 Å². The van der Waals surface area contributed by atoms with Crippen LogP contribution in [-0.4, -0.2) is 95.9 Å². The Morgan fingerprint density at radius 1 is 1.08 bits per heavy atom. The van der Waals surface area contributed by atoms with Crippen molar-refractivity contribution in [3.8, 4) is 0 Å². The lowest BCUT2D eigenvalue weighted by Gasteiger charge is -2.40. The summed E-state index contributed by atoms with van der Waals surface area (Å²) in [6.07, 6.45) is -4.40. The number of urea groups is 1. The van der Waals surface area contributed by atoms with Crippen LogP contribution in [0, 0.1) is 0 Å². The lowest BCUT2D eigenvalue weighted by Crippen LogP contribution is -2.56. The Morgan fingerprint density at radius 3 is 2.46 bits per heavy atom. The number of anilines is 2. The summed E-state index contributed by atoms with van der Waals surface area (Å²) in [7, 11) is 0. The molecule has 0 saturated carbocycles. The van der Waals surface area contributed by atoms with Crippen molar-refractivity contribution < 1.29 is 22.8 Å². The second-order valence-corrected chi connectivity index (χ2v) is 10.7. The molecule has 0 radical (unpaired) electrons. The van der Waals surface area contributed by atoms with Crippen LogP contribution in [0.5, 0.6) is 0 Å². The van der Waals surface area contributed by atoms with Gasteiger partial charge in [-0.3, -0.25) is 4.79 Å².